The molecule has 3 aromatic rings. The predicted molar refractivity (Wildman–Crippen MR) is 153 cm³/mol. The Bertz CT molecular complexity index is 1270. The van der Waals surface area contributed by atoms with Crippen molar-refractivity contribution >= 4 is 17.3 Å². The first-order valence-corrected chi connectivity index (χ1v) is 13.9. The van der Waals surface area contributed by atoms with Gasteiger partial charge in [-0.25, -0.2) is 14.4 Å². The van der Waals surface area contributed by atoms with E-state index in [9.17, 15) is 0 Å². The lowest BCUT2D eigenvalue weighted by Crippen LogP contribution is -2.50. The van der Waals surface area contributed by atoms with Gasteiger partial charge < -0.3 is 25.6 Å². The van der Waals surface area contributed by atoms with Crippen molar-refractivity contribution in [2.75, 3.05) is 37.2 Å². The van der Waals surface area contributed by atoms with Gasteiger partial charge in [-0.3, -0.25) is 5.41 Å². The summed E-state index contributed by atoms with van der Waals surface area (Å²) < 4.78 is 20.9. The van der Waals surface area contributed by atoms with Crippen LogP contribution in [0.1, 0.15) is 50.7 Å². The van der Waals surface area contributed by atoms with Crippen LogP contribution in [-0.2, 0) is 0 Å². The van der Waals surface area contributed by atoms with E-state index in [1.807, 2.05) is 18.2 Å². The maximum absolute atomic E-state index is 15.2. The zero-order valence-corrected chi connectivity index (χ0v) is 22.7. The van der Waals surface area contributed by atoms with Crippen molar-refractivity contribution in [3.63, 3.8) is 0 Å². The van der Waals surface area contributed by atoms with Crippen LogP contribution in [0.2, 0.25) is 0 Å². The first kappa shape index (κ1) is 27.0. The molecule has 0 radical (unpaired) electrons. The first-order valence-electron chi connectivity index (χ1n) is 13.9. The number of hydrogen-bond acceptors (Lipinski definition) is 8. The maximum Gasteiger partial charge on any atom is 0.141 e. The van der Waals surface area contributed by atoms with E-state index in [4.69, 9.17) is 15.9 Å². The number of ether oxygens (including phenoxy) is 1. The van der Waals surface area contributed by atoms with Crippen LogP contribution in [0, 0.1) is 11.2 Å². The van der Waals surface area contributed by atoms with Gasteiger partial charge in [0.2, 0.25) is 0 Å². The number of para-hydroxylation sites is 1. The summed E-state index contributed by atoms with van der Waals surface area (Å²) >= 11 is 0. The molecule has 0 atom stereocenters. The molecule has 4 N–H and O–H groups in total. The average molecular weight is 532 g/mol. The van der Waals surface area contributed by atoms with E-state index < -0.39 is 5.82 Å². The molecule has 2 fully saturated rings. The summed E-state index contributed by atoms with van der Waals surface area (Å²) in [5, 5.41) is 12.3. The SMILES string of the molecule is CC(C)N1CCC(N2CCC(Nc3ncnc(N)c3C(=N)c3ccc(Oc4ccccc4)cc3F)CC2)CC1. The molecule has 206 valence electrons. The van der Waals surface area contributed by atoms with Gasteiger partial charge in [-0.05, 0) is 76.9 Å². The van der Waals surface area contributed by atoms with Crippen molar-refractivity contribution in [3.8, 4) is 11.5 Å². The molecule has 3 heterocycles. The Hall–Kier alpha value is -3.56. The van der Waals surface area contributed by atoms with Crippen LogP contribution in [0.15, 0.2) is 54.9 Å². The highest BCUT2D eigenvalue weighted by Crippen LogP contribution is 2.29. The number of rotatable bonds is 8. The fourth-order valence-electron chi connectivity index (χ4n) is 5.65. The highest BCUT2D eigenvalue weighted by atomic mass is 19.1. The largest absolute Gasteiger partial charge is 0.457 e. The number of piperidine rings is 2. The Labute approximate surface area is 229 Å². The molecule has 0 aliphatic carbocycles. The Balaban J connectivity index is 1.24. The third-order valence-electron chi connectivity index (χ3n) is 7.93. The molecule has 2 aliphatic heterocycles. The van der Waals surface area contributed by atoms with E-state index >= 15 is 4.39 Å². The fourth-order valence-corrected chi connectivity index (χ4v) is 5.65. The average Bonchev–Trinajstić information content (AvgIpc) is 2.94. The first-order chi connectivity index (χ1) is 18.9. The van der Waals surface area contributed by atoms with Crippen LogP contribution in [-0.4, -0.2) is 69.8 Å². The van der Waals surface area contributed by atoms with Crippen LogP contribution in [0.5, 0.6) is 11.5 Å². The third-order valence-corrected chi connectivity index (χ3v) is 7.93. The van der Waals surface area contributed by atoms with Crippen LogP contribution in [0.25, 0.3) is 0 Å². The third kappa shape index (κ3) is 6.37. The van der Waals surface area contributed by atoms with E-state index in [-0.39, 0.29) is 23.1 Å². The number of hydrogen-bond donors (Lipinski definition) is 3. The standard InChI is InChI=1S/C30H38FN7O/c1-20(2)37-16-12-22(13-17-37)38-14-10-21(11-15-38)36-30-27(29(33)34-19-35-30)28(32)25-9-8-24(18-26(25)31)39-23-6-4-3-5-7-23/h3-9,18-22,32H,10-17H2,1-2H3,(H3,33,34,35,36). The monoisotopic (exact) mass is 531 g/mol. The van der Waals surface area contributed by atoms with Gasteiger partial charge in [0.1, 0.15) is 35.3 Å². The second-order valence-electron chi connectivity index (χ2n) is 10.7. The molecule has 0 bridgehead atoms. The van der Waals surface area contributed by atoms with E-state index in [1.54, 1.807) is 18.2 Å². The van der Waals surface area contributed by atoms with Gasteiger partial charge in [0.05, 0.1) is 11.3 Å². The molecule has 9 heteroatoms. The Morgan fingerprint density at radius 1 is 1.00 bits per heavy atom. The Morgan fingerprint density at radius 3 is 2.38 bits per heavy atom. The molecule has 1 aromatic heterocycles. The number of nitrogen functional groups attached to an aromatic ring is 1. The van der Waals surface area contributed by atoms with Crippen molar-refractivity contribution < 1.29 is 9.13 Å². The smallest absolute Gasteiger partial charge is 0.141 e. The van der Waals surface area contributed by atoms with Crippen molar-refractivity contribution in [1.82, 2.24) is 19.8 Å². The highest BCUT2D eigenvalue weighted by Gasteiger charge is 2.30. The summed E-state index contributed by atoms with van der Waals surface area (Å²) in [4.78, 5) is 13.7. The van der Waals surface area contributed by atoms with Gasteiger partial charge in [0.25, 0.3) is 0 Å². The molecule has 8 nitrogen and oxygen atoms in total. The lowest BCUT2D eigenvalue weighted by atomic mass is 9.97. The van der Waals surface area contributed by atoms with Gasteiger partial charge in [-0.1, -0.05) is 18.2 Å². The second kappa shape index (κ2) is 12.1. The molecule has 2 aliphatic rings. The lowest BCUT2D eigenvalue weighted by molar-refractivity contribution is 0.0773. The number of nitrogens with one attached hydrogen (secondary N) is 2. The van der Waals surface area contributed by atoms with Crippen LogP contribution in [0.4, 0.5) is 16.0 Å². The number of nitrogens with two attached hydrogens (primary N) is 1. The quantitative estimate of drug-likeness (QED) is 0.345. The summed E-state index contributed by atoms with van der Waals surface area (Å²) in [5.41, 5.74) is 6.58. The predicted octanol–water partition coefficient (Wildman–Crippen LogP) is 5.16. The number of benzene rings is 2. The Kier molecular flexibility index (Phi) is 8.38. The normalized spacial score (nSPS) is 17.8. The minimum atomic E-state index is -0.570. The summed E-state index contributed by atoms with van der Waals surface area (Å²) in [6, 6.07) is 15.1. The van der Waals surface area contributed by atoms with Crippen LogP contribution >= 0.6 is 0 Å². The van der Waals surface area contributed by atoms with Crippen molar-refractivity contribution in [2.45, 2.75) is 57.7 Å². The van der Waals surface area contributed by atoms with Gasteiger partial charge in [0.15, 0.2) is 0 Å². The lowest BCUT2D eigenvalue weighted by Gasteiger charge is -2.43. The summed E-state index contributed by atoms with van der Waals surface area (Å²) in [5.74, 6) is 1.02. The second-order valence-corrected chi connectivity index (χ2v) is 10.7. The molecule has 5 rings (SSSR count). The molecular formula is C30H38FN7O. The molecule has 39 heavy (non-hydrogen) atoms. The maximum atomic E-state index is 15.2. The molecule has 0 amide bonds. The molecule has 0 saturated carbocycles. The summed E-state index contributed by atoms with van der Waals surface area (Å²) in [7, 11) is 0. The molecular weight excluding hydrogens is 493 g/mol. The zero-order chi connectivity index (χ0) is 27.4. The minimum Gasteiger partial charge on any atom is -0.457 e. The zero-order valence-electron chi connectivity index (χ0n) is 22.7. The number of likely N-dealkylation sites (tertiary alicyclic amines) is 2. The summed E-state index contributed by atoms with van der Waals surface area (Å²) in [6.45, 7) is 8.93. The number of anilines is 2. The van der Waals surface area contributed by atoms with Gasteiger partial charge in [-0.15, -0.1) is 0 Å². The van der Waals surface area contributed by atoms with Crippen LogP contribution < -0.4 is 15.8 Å². The number of halogens is 1. The minimum absolute atomic E-state index is 0.0614. The van der Waals surface area contributed by atoms with E-state index in [1.165, 1.54) is 44.4 Å². The molecule has 2 saturated heterocycles. The Morgan fingerprint density at radius 2 is 1.72 bits per heavy atom. The molecule has 0 spiro atoms. The van der Waals surface area contributed by atoms with Crippen LogP contribution in [0.3, 0.4) is 0 Å². The topological polar surface area (TPSA) is 103 Å². The van der Waals surface area contributed by atoms with E-state index in [0.29, 0.717) is 35.0 Å². The van der Waals surface area contributed by atoms with Gasteiger partial charge >= 0.3 is 0 Å². The number of nitrogens with zero attached hydrogens (tertiary/aromatic N) is 4. The fraction of sp³-hybridized carbons (Fsp3) is 0.433. The van der Waals surface area contributed by atoms with Gasteiger partial charge in [0, 0.05) is 42.8 Å². The van der Waals surface area contributed by atoms with Crippen molar-refractivity contribution in [2.24, 2.45) is 0 Å². The van der Waals surface area contributed by atoms with Gasteiger partial charge in [-0.2, -0.15) is 0 Å². The highest BCUT2D eigenvalue weighted by molar-refractivity contribution is 6.16. The molecule has 2 aromatic carbocycles. The van der Waals surface area contributed by atoms with Crippen molar-refractivity contribution in [1.29, 1.82) is 5.41 Å². The summed E-state index contributed by atoms with van der Waals surface area (Å²) in [6.07, 6.45) is 5.78. The van der Waals surface area contributed by atoms with E-state index in [0.717, 1.165) is 25.9 Å². The molecule has 0 unspecified atom stereocenters. The number of aromatic nitrogens is 2. The van der Waals surface area contributed by atoms with E-state index in [2.05, 4.69) is 38.9 Å². The van der Waals surface area contributed by atoms with Crippen molar-refractivity contribution in [3.05, 3.63) is 71.8 Å².